The third-order valence-corrected chi connectivity index (χ3v) is 6.99. The van der Waals surface area contributed by atoms with Crippen molar-refractivity contribution < 1.29 is 37.7 Å². The predicted octanol–water partition coefficient (Wildman–Crippen LogP) is 2.50. The van der Waals surface area contributed by atoms with Crippen molar-refractivity contribution in [1.82, 2.24) is 9.55 Å². The first-order valence-electron chi connectivity index (χ1n) is 12.7. The summed E-state index contributed by atoms with van der Waals surface area (Å²) < 4.78 is 39.1. The van der Waals surface area contributed by atoms with Gasteiger partial charge in [-0.1, -0.05) is 0 Å². The van der Waals surface area contributed by atoms with Gasteiger partial charge in [-0.2, -0.15) is 0 Å². The van der Waals surface area contributed by atoms with E-state index in [-0.39, 0.29) is 21.4 Å². The minimum absolute atomic E-state index is 0.0437. The summed E-state index contributed by atoms with van der Waals surface area (Å²) in [5.41, 5.74) is 0.102. The van der Waals surface area contributed by atoms with Crippen LogP contribution >= 0.6 is 0 Å². The van der Waals surface area contributed by atoms with Crippen LogP contribution in [0, 0.1) is 11.2 Å². The SMILES string of the molecule is N=c1nc([Se])n([C@@H]2O[C@H](COC(=O)c3ccccc3)[C@@H](OC(=O)c3ccccc3)[C@H]2OC(=O)c2ccccc2)cc1F. The topological polar surface area (TPSA) is 130 Å². The van der Waals surface area contributed by atoms with E-state index in [4.69, 9.17) is 24.4 Å². The molecule has 0 saturated carbocycles. The van der Waals surface area contributed by atoms with Crippen LogP contribution in [-0.2, 0) is 18.9 Å². The number of halogens is 1. The number of esters is 3. The molecule has 1 radical (unpaired) electrons. The third-order valence-electron chi connectivity index (χ3n) is 6.36. The van der Waals surface area contributed by atoms with Crippen molar-refractivity contribution in [3.05, 3.63) is 125 Å². The molecular weight excluding hydrogens is 612 g/mol. The van der Waals surface area contributed by atoms with E-state index >= 15 is 0 Å². The average molecular weight is 635 g/mol. The van der Waals surface area contributed by atoms with Crippen molar-refractivity contribution in [1.29, 1.82) is 5.41 Å². The van der Waals surface area contributed by atoms with Gasteiger partial charge in [0.1, 0.15) is 0 Å². The van der Waals surface area contributed by atoms with E-state index in [2.05, 4.69) is 21.0 Å². The van der Waals surface area contributed by atoms with E-state index in [1.54, 1.807) is 91.0 Å². The third kappa shape index (κ3) is 6.46. The first-order valence-corrected chi connectivity index (χ1v) is 13.6. The van der Waals surface area contributed by atoms with E-state index in [0.717, 1.165) is 6.20 Å². The second-order valence-corrected chi connectivity index (χ2v) is 9.89. The summed E-state index contributed by atoms with van der Waals surface area (Å²) in [6, 6.07) is 24.5. The molecule has 42 heavy (non-hydrogen) atoms. The zero-order chi connectivity index (χ0) is 29.6. The number of hydrogen-bond acceptors (Lipinski definition) is 9. The Kier molecular flexibility index (Phi) is 8.87. The zero-order valence-corrected chi connectivity index (χ0v) is 23.5. The number of nitrogens with zero attached hydrogens (tertiary/aromatic N) is 2. The molecule has 0 bridgehead atoms. The maximum atomic E-state index is 14.5. The molecule has 10 nitrogen and oxygen atoms in total. The summed E-state index contributed by atoms with van der Waals surface area (Å²) >= 11 is 2.64. The molecule has 1 fully saturated rings. The van der Waals surface area contributed by atoms with E-state index in [1.165, 1.54) is 4.57 Å². The van der Waals surface area contributed by atoms with Gasteiger partial charge >= 0.3 is 248 Å². The first-order chi connectivity index (χ1) is 20.3. The molecule has 2 heterocycles. The molecule has 0 aliphatic carbocycles. The van der Waals surface area contributed by atoms with Gasteiger partial charge in [0.25, 0.3) is 0 Å². The zero-order valence-electron chi connectivity index (χ0n) is 21.8. The molecule has 0 spiro atoms. The van der Waals surface area contributed by atoms with Gasteiger partial charge in [-0.05, 0) is 0 Å². The quantitative estimate of drug-likeness (QED) is 0.178. The van der Waals surface area contributed by atoms with Crippen LogP contribution in [0.15, 0.2) is 97.2 Å². The molecule has 0 amide bonds. The Bertz CT molecular complexity index is 1640. The summed E-state index contributed by atoms with van der Waals surface area (Å²) in [5, 5.41) is 7.69. The molecule has 1 saturated heterocycles. The molecule has 4 aromatic rings. The molecular formula is C30H23FN3O7Se. The van der Waals surface area contributed by atoms with Gasteiger partial charge in [0.2, 0.25) is 0 Å². The Morgan fingerprint density at radius 3 is 1.81 bits per heavy atom. The van der Waals surface area contributed by atoms with Gasteiger partial charge in [0.15, 0.2) is 0 Å². The number of nitrogens with one attached hydrogen (secondary N) is 1. The number of benzene rings is 3. The summed E-state index contributed by atoms with van der Waals surface area (Å²) in [5.74, 6) is -3.13. The van der Waals surface area contributed by atoms with Gasteiger partial charge < -0.3 is 0 Å². The van der Waals surface area contributed by atoms with Gasteiger partial charge in [-0.15, -0.1) is 0 Å². The minimum atomic E-state index is -1.35. The van der Waals surface area contributed by atoms with Crippen molar-refractivity contribution >= 4 is 38.6 Å². The number of hydrogen-bond donors (Lipinski definition) is 1. The maximum absolute atomic E-state index is 14.5. The fourth-order valence-electron chi connectivity index (χ4n) is 4.31. The molecule has 1 aliphatic heterocycles. The number of carbonyl (C=O) groups is 3. The van der Waals surface area contributed by atoms with E-state index < -0.39 is 60.4 Å². The summed E-state index contributed by atoms with van der Waals surface area (Å²) in [4.78, 5) is 43.0. The van der Waals surface area contributed by atoms with Crippen LogP contribution in [0.25, 0.3) is 0 Å². The van der Waals surface area contributed by atoms with E-state index in [0.29, 0.717) is 0 Å². The number of aromatic nitrogens is 2. The molecule has 3 aromatic carbocycles. The second kappa shape index (κ2) is 12.9. The predicted molar refractivity (Wildman–Crippen MR) is 145 cm³/mol. The summed E-state index contributed by atoms with van der Waals surface area (Å²) in [7, 11) is 0. The molecule has 1 aromatic heterocycles. The Hall–Kier alpha value is -4.64. The van der Waals surface area contributed by atoms with Crippen LogP contribution in [0.1, 0.15) is 37.3 Å². The monoisotopic (exact) mass is 636 g/mol. The van der Waals surface area contributed by atoms with E-state index in [9.17, 15) is 18.8 Å². The Morgan fingerprint density at radius 1 is 0.810 bits per heavy atom. The van der Waals surface area contributed by atoms with Crippen LogP contribution in [0.3, 0.4) is 0 Å². The van der Waals surface area contributed by atoms with Crippen molar-refractivity contribution in [2.75, 3.05) is 6.61 Å². The van der Waals surface area contributed by atoms with Crippen LogP contribution in [-0.4, -0.2) is 68.4 Å². The van der Waals surface area contributed by atoms with Gasteiger partial charge in [0.05, 0.1) is 0 Å². The molecule has 1 aliphatic rings. The molecule has 213 valence electrons. The fourth-order valence-corrected chi connectivity index (χ4v) is 4.83. The Morgan fingerprint density at radius 2 is 1.29 bits per heavy atom. The van der Waals surface area contributed by atoms with Crippen molar-refractivity contribution in [3.63, 3.8) is 0 Å². The Labute approximate surface area is 247 Å². The van der Waals surface area contributed by atoms with Crippen molar-refractivity contribution in [2.24, 2.45) is 0 Å². The standard InChI is InChI=1S/C30H23FN3O7Se/c31-21-16-34(30(42)33-25(21)32)26-24(41-29(37)20-14-8-3-9-15-20)23(40-28(36)19-12-6-2-7-13-19)22(39-26)17-38-27(35)18-10-4-1-5-11-18/h1-16,22-24,26,32H,17H2/t22-,23-,24-,26-/m1/s1. The summed E-state index contributed by atoms with van der Waals surface area (Å²) in [6.45, 7) is -0.397. The van der Waals surface area contributed by atoms with Crippen LogP contribution in [0.2, 0.25) is 0 Å². The van der Waals surface area contributed by atoms with Crippen LogP contribution in [0.5, 0.6) is 0 Å². The average Bonchev–Trinajstić information content (AvgIpc) is 3.34. The molecule has 0 unspecified atom stereocenters. The normalized spacial score (nSPS) is 19.5. The fraction of sp³-hybridized carbons (Fsp3) is 0.167. The summed E-state index contributed by atoms with van der Waals surface area (Å²) in [6.07, 6.45) is -4.12. The Balaban J connectivity index is 1.51. The number of rotatable bonds is 8. The van der Waals surface area contributed by atoms with Crippen molar-refractivity contribution in [3.8, 4) is 0 Å². The number of ether oxygens (including phenoxy) is 4. The molecule has 5 rings (SSSR count). The molecule has 4 atom stereocenters. The van der Waals surface area contributed by atoms with E-state index in [1.807, 2.05) is 0 Å². The van der Waals surface area contributed by atoms with Gasteiger partial charge in [0, 0.05) is 0 Å². The van der Waals surface area contributed by atoms with Crippen LogP contribution < -0.4 is 10.2 Å². The first kappa shape index (κ1) is 28.9. The van der Waals surface area contributed by atoms with Gasteiger partial charge in [-0.3, -0.25) is 0 Å². The molecule has 12 heteroatoms. The van der Waals surface area contributed by atoms with Crippen LogP contribution in [0.4, 0.5) is 4.39 Å². The molecule has 1 N–H and O–H groups in total. The second-order valence-electron chi connectivity index (χ2n) is 9.13. The van der Waals surface area contributed by atoms with Crippen molar-refractivity contribution in [2.45, 2.75) is 24.5 Å². The van der Waals surface area contributed by atoms with Gasteiger partial charge in [-0.25, -0.2) is 0 Å². The number of carbonyl (C=O) groups excluding carboxylic acids is 3.